The van der Waals surface area contributed by atoms with Crippen LogP contribution in [0.5, 0.6) is 5.88 Å². The number of hydrogen-bond acceptors (Lipinski definition) is 4. The zero-order chi connectivity index (χ0) is 15.3. The molecule has 1 rings (SSSR count). The van der Waals surface area contributed by atoms with Gasteiger partial charge < -0.3 is 9.47 Å². The summed E-state index contributed by atoms with van der Waals surface area (Å²) in [7, 11) is 0. The summed E-state index contributed by atoms with van der Waals surface area (Å²) < 4.78 is 58.4. The molecule has 9 heteroatoms. The van der Waals surface area contributed by atoms with Crippen LogP contribution in [0.25, 0.3) is 0 Å². The van der Waals surface area contributed by atoms with Gasteiger partial charge in [-0.15, -0.1) is 13.2 Å². The molecule has 0 spiro atoms. The summed E-state index contributed by atoms with van der Waals surface area (Å²) in [6, 6.07) is 0. The van der Waals surface area contributed by atoms with Gasteiger partial charge in [0.15, 0.2) is 0 Å². The molecule has 0 aromatic carbocycles. The van der Waals surface area contributed by atoms with E-state index < -0.39 is 31.3 Å². The van der Waals surface area contributed by atoms with Crippen molar-refractivity contribution in [2.45, 2.75) is 26.4 Å². The van der Waals surface area contributed by atoms with Crippen LogP contribution in [0.3, 0.4) is 0 Å². The van der Waals surface area contributed by atoms with Gasteiger partial charge in [0.25, 0.3) is 0 Å². The van der Waals surface area contributed by atoms with Gasteiger partial charge >= 0.3 is 12.3 Å². The summed E-state index contributed by atoms with van der Waals surface area (Å²) >= 11 is 1.72. The van der Waals surface area contributed by atoms with Gasteiger partial charge in [-0.2, -0.15) is 0 Å². The fourth-order valence-corrected chi connectivity index (χ4v) is 2.03. The molecule has 112 valence electrons. The molecule has 1 aromatic heterocycles. The number of esters is 1. The number of nitrogens with zero attached hydrogens (tertiary/aromatic N) is 1. The molecule has 0 amide bonds. The fraction of sp³-hybridized carbons (Fsp3) is 0.455. The Hall–Kier alpha value is -1.13. The van der Waals surface area contributed by atoms with E-state index in [1.54, 1.807) is 29.5 Å². The second-order valence-corrected chi connectivity index (χ2v) is 4.69. The van der Waals surface area contributed by atoms with E-state index in [1.807, 2.05) is 0 Å². The second kappa shape index (κ2) is 7.04. The van der Waals surface area contributed by atoms with Gasteiger partial charge in [-0.1, -0.05) is 0 Å². The molecular weight excluding hydrogens is 397 g/mol. The molecule has 0 aliphatic rings. The summed E-state index contributed by atoms with van der Waals surface area (Å²) in [4.78, 5) is 14.9. The lowest BCUT2D eigenvalue weighted by Gasteiger charge is -2.15. The number of hydrogen-bond donors (Lipinski definition) is 0. The molecular formula is C11H10F4INO3. The quantitative estimate of drug-likeness (QED) is 0.428. The molecule has 0 saturated carbocycles. The third kappa shape index (κ3) is 4.76. The number of aromatic nitrogens is 1. The van der Waals surface area contributed by atoms with Gasteiger partial charge in [0, 0.05) is 20.9 Å². The van der Waals surface area contributed by atoms with Crippen molar-refractivity contribution in [1.82, 2.24) is 4.98 Å². The first-order chi connectivity index (χ1) is 9.28. The number of halogens is 5. The van der Waals surface area contributed by atoms with Crippen molar-refractivity contribution >= 4 is 28.6 Å². The van der Waals surface area contributed by atoms with E-state index in [-0.39, 0.29) is 17.7 Å². The average Bonchev–Trinajstić information content (AvgIpc) is 2.32. The van der Waals surface area contributed by atoms with E-state index in [1.165, 1.54) is 0 Å². The first-order valence-corrected chi connectivity index (χ1v) is 6.50. The van der Waals surface area contributed by atoms with Crippen LogP contribution in [0.4, 0.5) is 17.6 Å². The maximum absolute atomic E-state index is 13.0. The van der Waals surface area contributed by atoms with Gasteiger partial charge in [0.05, 0.1) is 13.0 Å². The second-order valence-electron chi connectivity index (χ2n) is 3.53. The van der Waals surface area contributed by atoms with Crippen LogP contribution >= 0.6 is 22.6 Å². The predicted octanol–water partition coefficient (Wildman–Crippen LogP) is 3.16. The summed E-state index contributed by atoms with van der Waals surface area (Å²) in [5.41, 5.74) is -0.317. The van der Waals surface area contributed by atoms with Crippen LogP contribution in [0.2, 0.25) is 0 Å². The van der Waals surface area contributed by atoms with E-state index in [0.717, 1.165) is 6.20 Å². The Kier molecular flexibility index (Phi) is 5.96. The summed E-state index contributed by atoms with van der Waals surface area (Å²) in [5.74, 6) is -1.61. The SMILES string of the molecule is CCOC(=O)Cc1c(OC(F)(F)F)ncc(I)c1CF. The molecule has 1 heterocycles. The zero-order valence-electron chi connectivity index (χ0n) is 10.3. The van der Waals surface area contributed by atoms with Crippen molar-refractivity contribution in [3.8, 4) is 5.88 Å². The van der Waals surface area contributed by atoms with Crippen molar-refractivity contribution in [3.63, 3.8) is 0 Å². The normalized spacial score (nSPS) is 11.3. The summed E-state index contributed by atoms with van der Waals surface area (Å²) in [6.45, 7) is 0.578. The third-order valence-corrected chi connectivity index (χ3v) is 3.11. The maximum atomic E-state index is 13.0. The lowest BCUT2D eigenvalue weighted by atomic mass is 10.1. The largest absolute Gasteiger partial charge is 0.574 e. The third-order valence-electron chi connectivity index (χ3n) is 2.18. The van der Waals surface area contributed by atoms with Crippen LogP contribution in [0, 0.1) is 3.57 Å². The van der Waals surface area contributed by atoms with E-state index >= 15 is 0 Å². The number of alkyl halides is 4. The number of ether oxygens (including phenoxy) is 2. The highest BCUT2D eigenvalue weighted by Crippen LogP contribution is 2.30. The molecule has 4 nitrogen and oxygen atoms in total. The average molecular weight is 407 g/mol. The topological polar surface area (TPSA) is 48.4 Å². The Morgan fingerprint density at radius 2 is 2.05 bits per heavy atom. The van der Waals surface area contributed by atoms with E-state index in [0.29, 0.717) is 3.57 Å². The highest BCUT2D eigenvalue weighted by atomic mass is 127. The summed E-state index contributed by atoms with van der Waals surface area (Å²) in [6.07, 6.45) is -4.47. The van der Waals surface area contributed by atoms with Crippen molar-refractivity contribution in [3.05, 3.63) is 20.9 Å². The van der Waals surface area contributed by atoms with E-state index in [9.17, 15) is 22.4 Å². The summed E-state index contributed by atoms with van der Waals surface area (Å²) in [5, 5.41) is 0. The Morgan fingerprint density at radius 3 is 2.55 bits per heavy atom. The van der Waals surface area contributed by atoms with E-state index in [2.05, 4.69) is 14.5 Å². The Bertz CT molecular complexity index is 493. The van der Waals surface area contributed by atoms with Gasteiger partial charge in [-0.3, -0.25) is 4.79 Å². The molecule has 0 atom stereocenters. The number of carbonyl (C=O) groups is 1. The molecule has 0 saturated heterocycles. The van der Waals surface area contributed by atoms with Crippen LogP contribution in [0.1, 0.15) is 18.1 Å². The molecule has 0 radical (unpaired) electrons. The minimum atomic E-state index is -4.98. The fourth-order valence-electron chi connectivity index (χ4n) is 1.43. The molecule has 0 N–H and O–H groups in total. The highest BCUT2D eigenvalue weighted by Gasteiger charge is 2.34. The maximum Gasteiger partial charge on any atom is 0.574 e. The first kappa shape index (κ1) is 16.9. The van der Waals surface area contributed by atoms with E-state index in [4.69, 9.17) is 0 Å². The minimum absolute atomic E-state index is 0.0621. The lowest BCUT2D eigenvalue weighted by Crippen LogP contribution is -2.21. The smallest absolute Gasteiger partial charge is 0.466 e. The molecule has 0 unspecified atom stereocenters. The van der Waals surface area contributed by atoms with Crippen LogP contribution in [-0.4, -0.2) is 23.9 Å². The van der Waals surface area contributed by atoms with Crippen molar-refractivity contribution in [2.24, 2.45) is 0 Å². The highest BCUT2D eigenvalue weighted by molar-refractivity contribution is 14.1. The van der Waals surface area contributed by atoms with Crippen LogP contribution in [-0.2, 0) is 22.6 Å². The Morgan fingerprint density at radius 1 is 1.40 bits per heavy atom. The molecule has 20 heavy (non-hydrogen) atoms. The molecule has 0 fully saturated rings. The zero-order valence-corrected chi connectivity index (χ0v) is 12.4. The van der Waals surface area contributed by atoms with Gasteiger partial charge in [-0.05, 0) is 29.5 Å². The number of rotatable bonds is 5. The van der Waals surface area contributed by atoms with Crippen molar-refractivity contribution < 1.29 is 31.8 Å². The lowest BCUT2D eigenvalue weighted by molar-refractivity contribution is -0.276. The molecule has 0 aliphatic heterocycles. The van der Waals surface area contributed by atoms with Crippen LogP contribution in [0.15, 0.2) is 6.20 Å². The monoisotopic (exact) mass is 407 g/mol. The molecule has 0 aliphatic carbocycles. The minimum Gasteiger partial charge on any atom is -0.466 e. The number of carbonyl (C=O) groups excluding carboxylic acids is 1. The Labute approximate surface area is 125 Å². The van der Waals surface area contributed by atoms with Crippen molar-refractivity contribution in [1.29, 1.82) is 0 Å². The first-order valence-electron chi connectivity index (χ1n) is 5.42. The van der Waals surface area contributed by atoms with Gasteiger partial charge in [-0.25, -0.2) is 9.37 Å². The number of pyridine rings is 1. The van der Waals surface area contributed by atoms with Gasteiger partial charge in [0.2, 0.25) is 5.88 Å². The predicted molar refractivity (Wildman–Crippen MR) is 68.8 cm³/mol. The molecule has 0 bridgehead atoms. The standard InChI is InChI=1S/C11H10F4INO3/c1-2-19-9(18)3-6-7(4-12)8(16)5-17-10(6)20-11(13,14)15/h5H,2-4H2,1H3. The van der Waals surface area contributed by atoms with Crippen molar-refractivity contribution in [2.75, 3.05) is 6.61 Å². The molecule has 1 aromatic rings. The van der Waals surface area contributed by atoms with Crippen LogP contribution < -0.4 is 4.74 Å². The Balaban J connectivity index is 3.19. The van der Waals surface area contributed by atoms with Gasteiger partial charge in [0.1, 0.15) is 6.67 Å².